The maximum atomic E-state index is 14.8. The molecule has 11 heteroatoms. The minimum Gasteiger partial charge on any atom is -0.494 e. The summed E-state index contributed by atoms with van der Waals surface area (Å²) >= 11 is 0. The fourth-order valence-corrected chi connectivity index (χ4v) is 4.50. The van der Waals surface area contributed by atoms with E-state index in [9.17, 15) is 18.4 Å². The Labute approximate surface area is 215 Å². The minimum absolute atomic E-state index is 0.0310. The molecule has 0 saturated carbocycles. The molecule has 0 spiro atoms. The lowest BCUT2D eigenvalue weighted by molar-refractivity contribution is 0.0741. The molecule has 0 aliphatic carbocycles. The van der Waals surface area contributed by atoms with Gasteiger partial charge in [-0.3, -0.25) is 9.59 Å². The number of pyridine rings is 1. The fraction of sp³-hybridized carbons (Fsp3) is 0.222. The van der Waals surface area contributed by atoms with E-state index in [-0.39, 0.29) is 23.1 Å². The number of hydrogen-bond acceptors (Lipinski definition) is 7. The van der Waals surface area contributed by atoms with Crippen LogP contribution in [0.1, 0.15) is 27.2 Å². The number of hydrogen-bond donors (Lipinski definition) is 1. The van der Waals surface area contributed by atoms with Crippen molar-refractivity contribution in [3.05, 3.63) is 93.0 Å². The summed E-state index contributed by atoms with van der Waals surface area (Å²) in [6, 6.07) is 12.2. The molecule has 5 rings (SSSR count). The largest absolute Gasteiger partial charge is 0.494 e. The average molecular weight is 517 g/mol. The minimum atomic E-state index is -0.674. The van der Waals surface area contributed by atoms with Crippen LogP contribution in [-0.2, 0) is 6.42 Å². The Morgan fingerprint density at radius 2 is 1.87 bits per heavy atom. The number of rotatable bonds is 5. The predicted molar refractivity (Wildman–Crippen MR) is 135 cm³/mol. The van der Waals surface area contributed by atoms with Crippen LogP contribution in [0, 0.1) is 23.0 Å². The van der Waals surface area contributed by atoms with Gasteiger partial charge in [-0.1, -0.05) is 6.07 Å². The summed E-state index contributed by atoms with van der Waals surface area (Å²) in [5.74, 6) is -1.07. The third kappa shape index (κ3) is 4.76. The highest BCUT2D eigenvalue weighted by Gasteiger charge is 2.25. The van der Waals surface area contributed by atoms with Crippen LogP contribution < -0.4 is 15.2 Å². The maximum Gasteiger partial charge on any atom is 0.272 e. The van der Waals surface area contributed by atoms with E-state index in [4.69, 9.17) is 10.00 Å². The molecule has 0 atom stereocenters. The highest BCUT2D eigenvalue weighted by Crippen LogP contribution is 2.26. The van der Waals surface area contributed by atoms with Gasteiger partial charge in [0.05, 0.1) is 29.3 Å². The Hall–Kier alpha value is -4.85. The van der Waals surface area contributed by atoms with Crippen molar-refractivity contribution < 1.29 is 18.3 Å². The van der Waals surface area contributed by atoms with Crippen LogP contribution in [-0.4, -0.2) is 59.3 Å². The number of anilines is 1. The maximum absolute atomic E-state index is 14.8. The van der Waals surface area contributed by atoms with Gasteiger partial charge in [0.1, 0.15) is 17.7 Å². The van der Waals surface area contributed by atoms with Crippen molar-refractivity contribution in [2.45, 2.75) is 6.42 Å². The van der Waals surface area contributed by atoms with Gasteiger partial charge >= 0.3 is 0 Å². The summed E-state index contributed by atoms with van der Waals surface area (Å²) in [4.78, 5) is 33.3. The number of ether oxygens (including phenoxy) is 1. The quantitative estimate of drug-likeness (QED) is 0.434. The number of amides is 1. The van der Waals surface area contributed by atoms with Crippen LogP contribution in [0.2, 0.25) is 0 Å². The molecule has 1 aliphatic rings. The first-order chi connectivity index (χ1) is 18.4. The summed E-state index contributed by atoms with van der Waals surface area (Å²) < 4.78 is 34.0. The standard InChI is InChI=1S/C27H22F2N6O3/c1-38-24-13-18-19(12-22(24)29)26(36)33-32-23(18)11-16-2-4-21(28)20(10-16)27(37)35-8-6-34(7-9-35)25-5-3-17(14-30)15-31-25/h2-5,10,12-13,15H,6-9,11H2,1H3,(H,33,36). The highest BCUT2D eigenvalue weighted by atomic mass is 19.1. The van der Waals surface area contributed by atoms with Gasteiger partial charge in [0.15, 0.2) is 11.6 Å². The second kappa shape index (κ2) is 10.3. The van der Waals surface area contributed by atoms with Crippen molar-refractivity contribution in [2.24, 2.45) is 0 Å². The number of carbonyl (C=O) groups excluding carboxylic acids is 1. The molecule has 2 aromatic carbocycles. The topological polar surface area (TPSA) is 115 Å². The van der Waals surface area contributed by atoms with E-state index in [0.29, 0.717) is 54.2 Å². The molecular formula is C27H22F2N6O3. The van der Waals surface area contributed by atoms with Gasteiger partial charge in [-0.15, -0.1) is 0 Å². The van der Waals surface area contributed by atoms with E-state index in [1.807, 2.05) is 11.0 Å². The van der Waals surface area contributed by atoms with Crippen LogP contribution in [0.5, 0.6) is 5.75 Å². The molecule has 9 nitrogen and oxygen atoms in total. The van der Waals surface area contributed by atoms with Gasteiger partial charge in [0.25, 0.3) is 11.5 Å². The number of piperazine rings is 1. The van der Waals surface area contributed by atoms with Crippen molar-refractivity contribution in [1.82, 2.24) is 20.1 Å². The van der Waals surface area contributed by atoms with Gasteiger partial charge in [0.2, 0.25) is 0 Å². The molecular weight excluding hydrogens is 494 g/mol. The lowest BCUT2D eigenvalue weighted by Gasteiger charge is -2.35. The first kappa shape index (κ1) is 24.8. The summed E-state index contributed by atoms with van der Waals surface area (Å²) in [5, 5.41) is 15.9. The first-order valence-electron chi connectivity index (χ1n) is 11.8. The zero-order chi connectivity index (χ0) is 26.8. The zero-order valence-corrected chi connectivity index (χ0v) is 20.4. The molecule has 0 radical (unpaired) electrons. The molecule has 1 aliphatic heterocycles. The molecule has 2 aromatic heterocycles. The Morgan fingerprint density at radius 1 is 1.08 bits per heavy atom. The summed E-state index contributed by atoms with van der Waals surface area (Å²) in [6.45, 7) is 1.78. The van der Waals surface area contributed by atoms with E-state index in [1.54, 1.807) is 23.1 Å². The van der Waals surface area contributed by atoms with Crippen LogP contribution >= 0.6 is 0 Å². The number of nitriles is 1. The molecule has 1 amide bonds. The number of halogens is 2. The second-order valence-corrected chi connectivity index (χ2v) is 8.82. The Balaban J connectivity index is 1.35. The van der Waals surface area contributed by atoms with Crippen molar-refractivity contribution in [3.63, 3.8) is 0 Å². The number of carbonyl (C=O) groups is 1. The van der Waals surface area contributed by atoms with Gasteiger partial charge in [-0.2, -0.15) is 10.4 Å². The molecule has 1 saturated heterocycles. The smallest absolute Gasteiger partial charge is 0.272 e. The van der Waals surface area contributed by atoms with Crippen molar-refractivity contribution in [1.29, 1.82) is 5.26 Å². The Kier molecular flexibility index (Phi) is 6.70. The SMILES string of the molecule is COc1cc2c(Cc3ccc(F)c(C(=O)N4CCN(c5ccc(C#N)cn5)CC4)c3)n[nH]c(=O)c2cc1F. The number of nitrogens with one attached hydrogen (secondary N) is 1. The first-order valence-corrected chi connectivity index (χ1v) is 11.8. The summed E-state index contributed by atoms with van der Waals surface area (Å²) in [7, 11) is 1.32. The third-order valence-electron chi connectivity index (χ3n) is 6.54. The zero-order valence-electron chi connectivity index (χ0n) is 20.4. The van der Waals surface area contributed by atoms with E-state index in [2.05, 4.69) is 15.2 Å². The molecule has 1 N–H and O–H groups in total. The molecule has 3 heterocycles. The summed E-state index contributed by atoms with van der Waals surface area (Å²) in [5.41, 5.74) is 0.875. The number of benzene rings is 2. The number of methoxy groups -OCH3 is 1. The third-order valence-corrected chi connectivity index (χ3v) is 6.54. The van der Waals surface area contributed by atoms with Crippen molar-refractivity contribution in [2.75, 3.05) is 38.2 Å². The van der Waals surface area contributed by atoms with Gasteiger partial charge in [-0.25, -0.2) is 18.9 Å². The van der Waals surface area contributed by atoms with E-state index in [0.717, 1.165) is 6.07 Å². The number of H-pyrrole nitrogens is 1. The summed E-state index contributed by atoms with van der Waals surface area (Å²) in [6.07, 6.45) is 1.67. The monoisotopic (exact) mass is 516 g/mol. The lowest BCUT2D eigenvalue weighted by atomic mass is 10.0. The van der Waals surface area contributed by atoms with E-state index in [1.165, 1.54) is 31.5 Å². The number of fused-ring (bicyclic) bond motifs is 1. The molecule has 4 aromatic rings. The van der Waals surface area contributed by atoms with Crippen LogP contribution in [0.3, 0.4) is 0 Å². The molecule has 1 fully saturated rings. The van der Waals surface area contributed by atoms with Crippen LogP contribution in [0.25, 0.3) is 10.8 Å². The van der Waals surface area contributed by atoms with Crippen LogP contribution in [0.4, 0.5) is 14.6 Å². The molecule has 0 unspecified atom stereocenters. The molecule has 38 heavy (non-hydrogen) atoms. The van der Waals surface area contributed by atoms with E-state index >= 15 is 0 Å². The number of aromatic amines is 1. The van der Waals surface area contributed by atoms with Crippen molar-refractivity contribution in [3.8, 4) is 11.8 Å². The van der Waals surface area contributed by atoms with Gasteiger partial charge < -0.3 is 14.5 Å². The number of aromatic nitrogens is 3. The van der Waals surface area contributed by atoms with Gasteiger partial charge in [-0.05, 0) is 42.0 Å². The molecule has 192 valence electrons. The fourth-order valence-electron chi connectivity index (χ4n) is 4.50. The Bertz CT molecular complexity index is 1620. The van der Waals surface area contributed by atoms with Crippen LogP contribution in [0.15, 0.2) is 53.5 Å². The van der Waals surface area contributed by atoms with E-state index < -0.39 is 23.1 Å². The second-order valence-electron chi connectivity index (χ2n) is 8.82. The molecule has 0 bridgehead atoms. The average Bonchev–Trinajstić information content (AvgIpc) is 2.95. The van der Waals surface area contributed by atoms with Crippen molar-refractivity contribution >= 4 is 22.5 Å². The Morgan fingerprint density at radius 3 is 2.55 bits per heavy atom. The lowest BCUT2D eigenvalue weighted by Crippen LogP contribution is -2.49. The predicted octanol–water partition coefficient (Wildman–Crippen LogP) is 3.03. The van der Waals surface area contributed by atoms with Gasteiger partial charge in [0, 0.05) is 44.2 Å². The highest BCUT2D eigenvalue weighted by molar-refractivity contribution is 5.95. The normalized spacial score (nSPS) is 13.4. The number of nitrogens with zero attached hydrogens (tertiary/aromatic N) is 5.